The molecule has 1 rings (SSSR count). The zero-order chi connectivity index (χ0) is 11.5. The lowest BCUT2D eigenvalue weighted by Crippen LogP contribution is -2.43. The maximum atomic E-state index is 9.22. The third-order valence-electron chi connectivity index (χ3n) is 2.82. The number of likely N-dealkylation sites (N-methyl/N-ethyl adjacent to an activating group) is 1. The van der Waals surface area contributed by atoms with Crippen LogP contribution in [-0.4, -0.2) is 29.2 Å². The van der Waals surface area contributed by atoms with Gasteiger partial charge < -0.3 is 10.8 Å². The molecule has 0 radical (unpaired) electrons. The molecule has 0 aromatic heterocycles. The molecule has 3 nitrogen and oxygen atoms in total. The SMILES string of the molecule is CN(Cc1ccc(N)cc1)C(C)(C)CO. The number of nitrogens with two attached hydrogens (primary N) is 1. The summed E-state index contributed by atoms with van der Waals surface area (Å²) in [6.07, 6.45) is 0. The fourth-order valence-electron chi connectivity index (χ4n) is 1.23. The van der Waals surface area contributed by atoms with Crippen molar-refractivity contribution in [2.75, 3.05) is 19.4 Å². The molecule has 0 saturated carbocycles. The minimum Gasteiger partial charge on any atom is -0.399 e. The van der Waals surface area contributed by atoms with Gasteiger partial charge in [-0.3, -0.25) is 4.90 Å². The lowest BCUT2D eigenvalue weighted by Gasteiger charge is -2.33. The molecule has 3 heteroatoms. The lowest BCUT2D eigenvalue weighted by atomic mass is 10.0. The van der Waals surface area contributed by atoms with Gasteiger partial charge in [-0.05, 0) is 38.6 Å². The van der Waals surface area contributed by atoms with Gasteiger partial charge in [-0.25, -0.2) is 0 Å². The third-order valence-corrected chi connectivity index (χ3v) is 2.82. The Labute approximate surface area is 91.5 Å². The van der Waals surface area contributed by atoms with Crippen molar-refractivity contribution in [2.45, 2.75) is 25.9 Å². The first-order valence-corrected chi connectivity index (χ1v) is 5.12. The number of aliphatic hydroxyl groups is 1. The van der Waals surface area contributed by atoms with Gasteiger partial charge in [0.2, 0.25) is 0 Å². The van der Waals surface area contributed by atoms with Crippen molar-refractivity contribution in [3.8, 4) is 0 Å². The number of rotatable bonds is 4. The molecule has 15 heavy (non-hydrogen) atoms. The summed E-state index contributed by atoms with van der Waals surface area (Å²) in [6.45, 7) is 5.00. The van der Waals surface area contributed by atoms with Crippen LogP contribution < -0.4 is 5.73 Å². The fourth-order valence-corrected chi connectivity index (χ4v) is 1.23. The summed E-state index contributed by atoms with van der Waals surface area (Å²) in [5, 5.41) is 9.22. The zero-order valence-corrected chi connectivity index (χ0v) is 9.70. The standard InChI is InChI=1S/C12H20N2O/c1-12(2,9-15)14(3)8-10-4-6-11(13)7-5-10/h4-7,15H,8-9,13H2,1-3H3. The van der Waals surface area contributed by atoms with Gasteiger partial charge in [0.15, 0.2) is 0 Å². The van der Waals surface area contributed by atoms with E-state index < -0.39 is 0 Å². The maximum Gasteiger partial charge on any atom is 0.0610 e. The van der Waals surface area contributed by atoms with Gasteiger partial charge in [-0.2, -0.15) is 0 Å². The van der Waals surface area contributed by atoms with E-state index in [1.165, 1.54) is 5.56 Å². The van der Waals surface area contributed by atoms with Crippen molar-refractivity contribution >= 4 is 5.69 Å². The number of nitrogen functional groups attached to an aromatic ring is 1. The molecule has 0 amide bonds. The molecule has 0 atom stereocenters. The summed E-state index contributed by atoms with van der Waals surface area (Å²) in [5.74, 6) is 0. The molecule has 1 aromatic carbocycles. The summed E-state index contributed by atoms with van der Waals surface area (Å²) in [7, 11) is 2.01. The Bertz CT molecular complexity index is 306. The highest BCUT2D eigenvalue weighted by molar-refractivity contribution is 5.39. The first-order chi connectivity index (χ1) is 6.95. The molecule has 0 aliphatic rings. The second-order valence-electron chi connectivity index (χ2n) is 4.57. The van der Waals surface area contributed by atoms with Crippen molar-refractivity contribution in [1.29, 1.82) is 0 Å². The number of anilines is 1. The van der Waals surface area contributed by atoms with Crippen molar-refractivity contribution in [3.63, 3.8) is 0 Å². The summed E-state index contributed by atoms with van der Waals surface area (Å²) in [4.78, 5) is 2.12. The number of nitrogens with zero attached hydrogens (tertiary/aromatic N) is 1. The average Bonchev–Trinajstić information content (AvgIpc) is 2.21. The van der Waals surface area contributed by atoms with E-state index in [1.54, 1.807) is 0 Å². The van der Waals surface area contributed by atoms with Crippen LogP contribution in [0.1, 0.15) is 19.4 Å². The monoisotopic (exact) mass is 208 g/mol. The van der Waals surface area contributed by atoms with E-state index in [0.717, 1.165) is 12.2 Å². The minimum atomic E-state index is -0.193. The summed E-state index contributed by atoms with van der Waals surface area (Å²) < 4.78 is 0. The number of aliphatic hydroxyl groups excluding tert-OH is 1. The van der Waals surface area contributed by atoms with Crippen molar-refractivity contribution < 1.29 is 5.11 Å². The van der Waals surface area contributed by atoms with Crippen LogP contribution in [-0.2, 0) is 6.54 Å². The Morgan fingerprint density at radius 3 is 2.27 bits per heavy atom. The molecule has 0 heterocycles. The van der Waals surface area contributed by atoms with E-state index in [-0.39, 0.29) is 12.1 Å². The average molecular weight is 208 g/mol. The zero-order valence-electron chi connectivity index (χ0n) is 9.70. The molecule has 0 spiro atoms. The first kappa shape index (κ1) is 12.0. The van der Waals surface area contributed by atoms with Crippen LogP contribution in [0.2, 0.25) is 0 Å². The van der Waals surface area contributed by atoms with Gasteiger partial charge in [0, 0.05) is 17.8 Å². The fraction of sp³-hybridized carbons (Fsp3) is 0.500. The highest BCUT2D eigenvalue weighted by Gasteiger charge is 2.21. The van der Waals surface area contributed by atoms with Gasteiger partial charge in [-0.15, -0.1) is 0 Å². The van der Waals surface area contributed by atoms with Crippen molar-refractivity contribution in [2.24, 2.45) is 0 Å². The summed E-state index contributed by atoms with van der Waals surface area (Å²) in [6, 6.07) is 7.82. The van der Waals surface area contributed by atoms with Gasteiger partial charge in [0.25, 0.3) is 0 Å². The lowest BCUT2D eigenvalue weighted by molar-refractivity contribution is 0.0734. The van der Waals surface area contributed by atoms with E-state index in [0.29, 0.717) is 0 Å². The van der Waals surface area contributed by atoms with Gasteiger partial charge in [0.05, 0.1) is 6.61 Å². The first-order valence-electron chi connectivity index (χ1n) is 5.12. The van der Waals surface area contributed by atoms with Crippen LogP contribution in [0.3, 0.4) is 0 Å². The number of hydrogen-bond donors (Lipinski definition) is 2. The maximum absolute atomic E-state index is 9.22. The van der Waals surface area contributed by atoms with E-state index in [9.17, 15) is 5.11 Å². The third kappa shape index (κ3) is 3.22. The smallest absolute Gasteiger partial charge is 0.0610 e. The Hall–Kier alpha value is -1.06. The topological polar surface area (TPSA) is 49.5 Å². The quantitative estimate of drug-likeness (QED) is 0.737. The molecule has 0 bridgehead atoms. The van der Waals surface area contributed by atoms with E-state index in [2.05, 4.69) is 4.90 Å². The highest BCUT2D eigenvalue weighted by Crippen LogP contribution is 2.15. The van der Waals surface area contributed by atoms with Gasteiger partial charge >= 0.3 is 0 Å². The molecule has 3 N–H and O–H groups in total. The van der Waals surface area contributed by atoms with Crippen LogP contribution in [0, 0.1) is 0 Å². The van der Waals surface area contributed by atoms with E-state index in [4.69, 9.17) is 5.73 Å². The molecule has 84 valence electrons. The predicted molar refractivity (Wildman–Crippen MR) is 63.5 cm³/mol. The number of hydrogen-bond acceptors (Lipinski definition) is 3. The molecule has 0 fully saturated rings. The van der Waals surface area contributed by atoms with Crippen LogP contribution in [0.15, 0.2) is 24.3 Å². The molecule has 0 aliphatic heterocycles. The van der Waals surface area contributed by atoms with Crippen molar-refractivity contribution in [1.82, 2.24) is 4.90 Å². The van der Waals surface area contributed by atoms with E-state index in [1.807, 2.05) is 45.2 Å². The largest absolute Gasteiger partial charge is 0.399 e. The van der Waals surface area contributed by atoms with E-state index >= 15 is 0 Å². The minimum absolute atomic E-state index is 0.151. The Morgan fingerprint density at radius 2 is 1.80 bits per heavy atom. The van der Waals surface area contributed by atoms with Crippen LogP contribution in [0.25, 0.3) is 0 Å². The molecule has 0 saturated heterocycles. The Kier molecular flexibility index (Phi) is 3.72. The van der Waals surface area contributed by atoms with Crippen LogP contribution >= 0.6 is 0 Å². The number of benzene rings is 1. The second-order valence-corrected chi connectivity index (χ2v) is 4.57. The Balaban J connectivity index is 2.66. The molecule has 0 unspecified atom stereocenters. The van der Waals surface area contributed by atoms with Crippen molar-refractivity contribution in [3.05, 3.63) is 29.8 Å². The normalized spacial score (nSPS) is 12.1. The summed E-state index contributed by atoms with van der Waals surface area (Å²) >= 11 is 0. The molecular formula is C12H20N2O. The molecule has 0 aliphatic carbocycles. The highest BCUT2D eigenvalue weighted by atomic mass is 16.3. The van der Waals surface area contributed by atoms with Gasteiger partial charge in [0.1, 0.15) is 0 Å². The molecular weight excluding hydrogens is 188 g/mol. The molecule has 1 aromatic rings. The van der Waals surface area contributed by atoms with Crippen LogP contribution in [0.5, 0.6) is 0 Å². The predicted octanol–water partition coefficient (Wildman–Crippen LogP) is 1.47. The van der Waals surface area contributed by atoms with Gasteiger partial charge in [-0.1, -0.05) is 12.1 Å². The van der Waals surface area contributed by atoms with Crippen LogP contribution in [0.4, 0.5) is 5.69 Å². The Morgan fingerprint density at radius 1 is 1.27 bits per heavy atom. The summed E-state index contributed by atoms with van der Waals surface area (Å²) in [5.41, 5.74) is 7.41. The second kappa shape index (κ2) is 4.64.